The molecule has 0 saturated carbocycles. The summed E-state index contributed by atoms with van der Waals surface area (Å²) in [6.07, 6.45) is 1.21. The lowest BCUT2D eigenvalue weighted by Crippen LogP contribution is -2.44. The number of aliphatic hydroxyl groups excluding tert-OH is 1. The van der Waals surface area contributed by atoms with E-state index in [0.29, 0.717) is 6.21 Å². The quantitative estimate of drug-likeness (QED) is 0.407. The molecule has 1 aromatic rings. The molecule has 26 heavy (non-hydrogen) atoms. The van der Waals surface area contributed by atoms with Gasteiger partial charge in [0.1, 0.15) is 11.8 Å². The maximum atomic E-state index is 12.4. The number of methoxy groups -OCH3 is 1. The van der Waals surface area contributed by atoms with E-state index in [9.17, 15) is 19.5 Å². The molecule has 1 heterocycles. The predicted octanol–water partition coefficient (Wildman–Crippen LogP) is 0.559. The first kappa shape index (κ1) is 21.2. The zero-order valence-corrected chi connectivity index (χ0v) is 14.9. The maximum Gasteiger partial charge on any atom is 0.328 e. The molecule has 0 aromatic carbocycles. The van der Waals surface area contributed by atoms with E-state index in [4.69, 9.17) is 14.9 Å². The smallest absolute Gasteiger partial charge is 0.328 e. The lowest BCUT2D eigenvalue weighted by Gasteiger charge is -2.21. The van der Waals surface area contributed by atoms with Crippen LogP contribution >= 0.6 is 0 Å². The Bertz CT molecular complexity index is 662. The number of nitrogens with zero attached hydrogens (tertiary/aromatic N) is 1. The van der Waals surface area contributed by atoms with Gasteiger partial charge in [-0.3, -0.25) is 14.6 Å². The number of aromatic nitrogens is 1. The molecule has 142 valence electrons. The highest BCUT2D eigenvalue weighted by Gasteiger charge is 2.28. The fourth-order valence-electron chi connectivity index (χ4n) is 2.10. The standard InChI is InChI=1S/C17H23N3O6/c1-10(2)26-17(24)13(5-4-11(21)8-18)20-16(23)15(22)12-6-7-19-9-14(12)25-3/h6-10,13,15,18,22H,4-5H2,1-3H3,(H,20,23)/t13-,15+/m0/s1. The number of carbonyl (C=O) groups is 3. The van der Waals surface area contributed by atoms with Crippen molar-refractivity contribution in [1.82, 2.24) is 10.3 Å². The van der Waals surface area contributed by atoms with Crippen LogP contribution in [0, 0.1) is 5.41 Å². The summed E-state index contributed by atoms with van der Waals surface area (Å²) in [4.78, 5) is 39.6. The number of ether oxygens (including phenoxy) is 2. The van der Waals surface area contributed by atoms with Crippen LogP contribution in [0.15, 0.2) is 18.5 Å². The highest BCUT2D eigenvalue weighted by atomic mass is 16.5. The van der Waals surface area contributed by atoms with Gasteiger partial charge in [-0.1, -0.05) is 0 Å². The highest BCUT2D eigenvalue weighted by molar-refractivity contribution is 6.26. The van der Waals surface area contributed by atoms with Crippen molar-refractivity contribution in [3.63, 3.8) is 0 Å². The second kappa shape index (κ2) is 10.2. The average molecular weight is 365 g/mol. The first-order valence-electron chi connectivity index (χ1n) is 8.00. The van der Waals surface area contributed by atoms with E-state index in [2.05, 4.69) is 10.3 Å². The topological polar surface area (TPSA) is 139 Å². The molecule has 0 aliphatic heterocycles. The number of Topliss-reactive ketones (excluding diaryl/α,β-unsaturated/α-hetero) is 1. The van der Waals surface area contributed by atoms with Crippen molar-refractivity contribution >= 4 is 23.9 Å². The number of carbonyl (C=O) groups excluding carboxylic acids is 3. The van der Waals surface area contributed by atoms with Crippen molar-refractivity contribution < 1.29 is 29.0 Å². The molecule has 0 unspecified atom stereocenters. The molecule has 0 aliphatic rings. The van der Waals surface area contributed by atoms with Crippen LogP contribution in [0.4, 0.5) is 0 Å². The molecule has 2 atom stereocenters. The highest BCUT2D eigenvalue weighted by Crippen LogP contribution is 2.24. The minimum Gasteiger partial charge on any atom is -0.495 e. The second-order valence-electron chi connectivity index (χ2n) is 5.72. The summed E-state index contributed by atoms with van der Waals surface area (Å²) in [7, 11) is 1.37. The van der Waals surface area contributed by atoms with Gasteiger partial charge in [0, 0.05) is 18.2 Å². The van der Waals surface area contributed by atoms with Crippen molar-refractivity contribution in [1.29, 1.82) is 5.41 Å². The molecule has 1 rings (SSSR count). The molecule has 0 fully saturated rings. The average Bonchev–Trinajstić information content (AvgIpc) is 2.63. The van der Waals surface area contributed by atoms with Crippen molar-refractivity contribution in [2.24, 2.45) is 0 Å². The van der Waals surface area contributed by atoms with Crippen LogP contribution in [0.2, 0.25) is 0 Å². The van der Waals surface area contributed by atoms with Gasteiger partial charge in [-0.05, 0) is 26.3 Å². The van der Waals surface area contributed by atoms with Crippen molar-refractivity contribution in [3.05, 3.63) is 24.0 Å². The molecule has 0 spiro atoms. The van der Waals surface area contributed by atoms with Crippen LogP contribution in [-0.4, -0.2) is 53.2 Å². The Kier molecular flexibility index (Phi) is 8.36. The third-order valence-corrected chi connectivity index (χ3v) is 3.37. The molecule has 0 saturated heterocycles. The molecule has 0 aliphatic carbocycles. The summed E-state index contributed by atoms with van der Waals surface area (Å²) < 4.78 is 10.1. The molecular weight excluding hydrogens is 342 g/mol. The molecule has 9 nitrogen and oxygen atoms in total. The van der Waals surface area contributed by atoms with Gasteiger partial charge in [0.15, 0.2) is 11.9 Å². The zero-order valence-electron chi connectivity index (χ0n) is 14.9. The molecule has 0 radical (unpaired) electrons. The molecule has 3 N–H and O–H groups in total. The first-order chi connectivity index (χ1) is 12.3. The molecular formula is C17H23N3O6. The van der Waals surface area contributed by atoms with Crippen LogP contribution in [0.3, 0.4) is 0 Å². The maximum absolute atomic E-state index is 12.4. The number of pyridine rings is 1. The molecule has 0 bridgehead atoms. The Balaban J connectivity index is 2.90. The summed E-state index contributed by atoms with van der Waals surface area (Å²) >= 11 is 0. The van der Waals surface area contributed by atoms with Gasteiger partial charge in [0.2, 0.25) is 0 Å². The number of hydrogen-bond acceptors (Lipinski definition) is 8. The molecule has 9 heteroatoms. The van der Waals surface area contributed by atoms with Crippen LogP contribution in [0.5, 0.6) is 5.75 Å². The number of amides is 1. The SMILES string of the molecule is COc1cnccc1[C@@H](O)C(=O)N[C@@H](CCC(=O)C=N)C(=O)OC(C)C. The van der Waals surface area contributed by atoms with Crippen molar-refractivity contribution in [2.75, 3.05) is 7.11 Å². The van der Waals surface area contributed by atoms with E-state index in [1.807, 2.05) is 0 Å². The first-order valence-corrected chi connectivity index (χ1v) is 8.00. The van der Waals surface area contributed by atoms with Gasteiger partial charge in [-0.2, -0.15) is 0 Å². The minimum absolute atomic E-state index is 0.0499. The van der Waals surface area contributed by atoms with Crippen molar-refractivity contribution in [2.45, 2.75) is 44.9 Å². The van der Waals surface area contributed by atoms with E-state index in [0.717, 1.165) is 0 Å². The Morgan fingerprint density at radius 2 is 2.08 bits per heavy atom. The number of ketones is 1. The van der Waals surface area contributed by atoms with Crippen LogP contribution in [0.1, 0.15) is 38.4 Å². The van der Waals surface area contributed by atoms with Gasteiger partial charge in [0.05, 0.1) is 25.6 Å². The fourth-order valence-corrected chi connectivity index (χ4v) is 2.10. The van der Waals surface area contributed by atoms with Gasteiger partial charge < -0.3 is 25.3 Å². The van der Waals surface area contributed by atoms with E-state index in [-0.39, 0.29) is 24.2 Å². The van der Waals surface area contributed by atoms with Crippen LogP contribution in [-0.2, 0) is 19.1 Å². The van der Waals surface area contributed by atoms with E-state index < -0.39 is 35.9 Å². The fraction of sp³-hybridized carbons (Fsp3) is 0.471. The van der Waals surface area contributed by atoms with Gasteiger partial charge in [-0.15, -0.1) is 0 Å². The minimum atomic E-state index is -1.60. The molecule has 1 amide bonds. The van der Waals surface area contributed by atoms with Gasteiger partial charge >= 0.3 is 5.97 Å². The Labute approximate surface area is 151 Å². The zero-order chi connectivity index (χ0) is 19.7. The molecule has 1 aromatic heterocycles. The summed E-state index contributed by atoms with van der Waals surface area (Å²) in [6, 6.07) is 0.291. The number of hydrogen-bond donors (Lipinski definition) is 3. The van der Waals surface area contributed by atoms with Crippen LogP contribution in [0.25, 0.3) is 0 Å². The van der Waals surface area contributed by atoms with Crippen LogP contribution < -0.4 is 10.1 Å². The summed E-state index contributed by atoms with van der Waals surface area (Å²) in [5.41, 5.74) is 0.187. The summed E-state index contributed by atoms with van der Waals surface area (Å²) in [5.74, 6) is -1.84. The lowest BCUT2D eigenvalue weighted by molar-refractivity contribution is -0.152. The predicted molar refractivity (Wildman–Crippen MR) is 91.9 cm³/mol. The largest absolute Gasteiger partial charge is 0.495 e. The lowest BCUT2D eigenvalue weighted by atomic mass is 10.1. The number of nitrogens with one attached hydrogen (secondary N) is 2. The number of rotatable bonds is 10. The number of aliphatic hydroxyl groups is 1. The third-order valence-electron chi connectivity index (χ3n) is 3.37. The van der Waals surface area contributed by atoms with E-state index >= 15 is 0 Å². The third kappa shape index (κ3) is 6.25. The second-order valence-corrected chi connectivity index (χ2v) is 5.72. The Morgan fingerprint density at radius 3 is 2.65 bits per heavy atom. The van der Waals surface area contributed by atoms with E-state index in [1.54, 1.807) is 13.8 Å². The monoisotopic (exact) mass is 365 g/mol. The summed E-state index contributed by atoms with van der Waals surface area (Å²) in [6.45, 7) is 3.30. The van der Waals surface area contributed by atoms with E-state index in [1.165, 1.54) is 25.6 Å². The van der Waals surface area contributed by atoms with Gasteiger partial charge in [0.25, 0.3) is 5.91 Å². The Hall–Kier alpha value is -2.81. The van der Waals surface area contributed by atoms with Crippen molar-refractivity contribution in [3.8, 4) is 5.75 Å². The van der Waals surface area contributed by atoms with Gasteiger partial charge in [-0.25, -0.2) is 4.79 Å². The Morgan fingerprint density at radius 1 is 1.38 bits per heavy atom. The summed E-state index contributed by atoms with van der Waals surface area (Å²) in [5, 5.41) is 19.5. The normalized spacial score (nSPS) is 12.8. The number of esters is 1.